The van der Waals surface area contributed by atoms with Crippen molar-refractivity contribution >= 4 is 5.82 Å². The summed E-state index contributed by atoms with van der Waals surface area (Å²) in [5.74, 6) is -0.840. The molecule has 2 rings (SSSR count). The molecule has 102 valence electrons. The van der Waals surface area contributed by atoms with E-state index < -0.39 is 11.6 Å². The molecular formula is C13H16F2N4. The van der Waals surface area contributed by atoms with Crippen molar-refractivity contribution in [3.05, 3.63) is 35.0 Å². The minimum absolute atomic E-state index is 0.0113. The molecule has 2 aromatic rings. The van der Waals surface area contributed by atoms with Gasteiger partial charge < -0.3 is 5.73 Å². The van der Waals surface area contributed by atoms with Crippen LogP contribution in [0.5, 0.6) is 0 Å². The molecule has 6 heteroatoms. The van der Waals surface area contributed by atoms with Gasteiger partial charge in [0.25, 0.3) is 0 Å². The molecule has 0 aliphatic heterocycles. The van der Waals surface area contributed by atoms with E-state index in [1.54, 1.807) is 0 Å². The lowest BCUT2D eigenvalue weighted by Gasteiger charge is -2.20. The Morgan fingerprint density at radius 1 is 1.16 bits per heavy atom. The van der Waals surface area contributed by atoms with Crippen LogP contribution in [-0.4, -0.2) is 15.0 Å². The molecule has 1 heterocycles. The standard InChI is InChI=1S/C13H16F2N4/c1-7-5-9(15)10(6-8(7)14)19-11(13(2,3)4)12(16)17-18-19/h5-6H,16H2,1-4H3. The summed E-state index contributed by atoms with van der Waals surface area (Å²) in [5, 5.41) is 7.57. The predicted octanol–water partition coefficient (Wildman–Crippen LogP) is 2.73. The van der Waals surface area contributed by atoms with Crippen LogP contribution in [0.2, 0.25) is 0 Å². The molecule has 0 radical (unpaired) electrons. The number of aromatic nitrogens is 3. The molecule has 0 amide bonds. The van der Waals surface area contributed by atoms with Gasteiger partial charge in [0.15, 0.2) is 5.82 Å². The monoisotopic (exact) mass is 266 g/mol. The van der Waals surface area contributed by atoms with E-state index in [-0.39, 0.29) is 22.5 Å². The smallest absolute Gasteiger partial charge is 0.170 e. The zero-order valence-electron chi connectivity index (χ0n) is 11.3. The van der Waals surface area contributed by atoms with Crippen LogP contribution < -0.4 is 5.73 Å². The number of aryl methyl sites for hydroxylation is 1. The molecule has 0 saturated carbocycles. The lowest BCUT2D eigenvalue weighted by atomic mass is 9.91. The summed E-state index contributed by atoms with van der Waals surface area (Å²) in [7, 11) is 0. The number of anilines is 1. The molecule has 0 fully saturated rings. The zero-order chi connectivity index (χ0) is 14.4. The maximum Gasteiger partial charge on any atom is 0.170 e. The first-order valence-electron chi connectivity index (χ1n) is 5.89. The van der Waals surface area contributed by atoms with Crippen molar-refractivity contribution in [2.45, 2.75) is 33.1 Å². The van der Waals surface area contributed by atoms with Gasteiger partial charge in [0.05, 0.1) is 5.69 Å². The van der Waals surface area contributed by atoms with Crippen LogP contribution >= 0.6 is 0 Å². The normalized spacial score (nSPS) is 11.9. The highest BCUT2D eigenvalue weighted by molar-refractivity contribution is 5.45. The maximum atomic E-state index is 14.0. The average molecular weight is 266 g/mol. The van der Waals surface area contributed by atoms with Crippen LogP contribution in [0.15, 0.2) is 12.1 Å². The molecule has 0 saturated heterocycles. The predicted molar refractivity (Wildman–Crippen MR) is 69.1 cm³/mol. The Bertz CT molecular complexity index is 626. The zero-order valence-corrected chi connectivity index (χ0v) is 11.3. The van der Waals surface area contributed by atoms with E-state index in [9.17, 15) is 8.78 Å². The third-order valence-corrected chi connectivity index (χ3v) is 2.86. The molecule has 4 nitrogen and oxygen atoms in total. The number of hydrogen-bond acceptors (Lipinski definition) is 3. The molecule has 1 aromatic carbocycles. The fourth-order valence-corrected chi connectivity index (χ4v) is 1.96. The van der Waals surface area contributed by atoms with Crippen molar-refractivity contribution < 1.29 is 8.78 Å². The van der Waals surface area contributed by atoms with Crippen LogP contribution in [-0.2, 0) is 5.41 Å². The van der Waals surface area contributed by atoms with Gasteiger partial charge in [0.2, 0.25) is 0 Å². The molecule has 2 N–H and O–H groups in total. The lowest BCUT2D eigenvalue weighted by molar-refractivity contribution is 0.527. The SMILES string of the molecule is Cc1cc(F)c(-n2nnc(N)c2C(C)(C)C)cc1F. The quantitative estimate of drug-likeness (QED) is 0.863. The number of nitrogens with two attached hydrogens (primary N) is 1. The van der Waals surface area contributed by atoms with Crippen molar-refractivity contribution in [1.82, 2.24) is 15.0 Å². The molecule has 0 aliphatic carbocycles. The van der Waals surface area contributed by atoms with Gasteiger partial charge in [0, 0.05) is 11.5 Å². The summed E-state index contributed by atoms with van der Waals surface area (Å²) in [6.07, 6.45) is 0. The Labute approximate surface area is 110 Å². The summed E-state index contributed by atoms with van der Waals surface area (Å²) in [4.78, 5) is 0. The highest BCUT2D eigenvalue weighted by Crippen LogP contribution is 2.29. The Morgan fingerprint density at radius 3 is 2.37 bits per heavy atom. The van der Waals surface area contributed by atoms with Crippen molar-refractivity contribution in [1.29, 1.82) is 0 Å². The van der Waals surface area contributed by atoms with E-state index in [4.69, 9.17) is 5.73 Å². The van der Waals surface area contributed by atoms with Gasteiger partial charge in [-0.1, -0.05) is 26.0 Å². The molecule has 0 unspecified atom stereocenters. The second kappa shape index (κ2) is 4.29. The number of rotatable bonds is 1. The molecule has 0 atom stereocenters. The van der Waals surface area contributed by atoms with E-state index in [1.807, 2.05) is 20.8 Å². The highest BCUT2D eigenvalue weighted by atomic mass is 19.1. The molecular weight excluding hydrogens is 250 g/mol. The number of halogens is 2. The number of hydrogen-bond donors (Lipinski definition) is 1. The van der Waals surface area contributed by atoms with Crippen LogP contribution in [0.25, 0.3) is 5.69 Å². The second-order valence-electron chi connectivity index (χ2n) is 5.54. The third kappa shape index (κ3) is 2.30. The summed E-state index contributed by atoms with van der Waals surface area (Å²) in [6.45, 7) is 7.21. The van der Waals surface area contributed by atoms with E-state index in [0.717, 1.165) is 12.1 Å². The molecule has 0 bridgehead atoms. The summed E-state index contributed by atoms with van der Waals surface area (Å²) < 4.78 is 28.9. The molecule has 1 aromatic heterocycles. The van der Waals surface area contributed by atoms with E-state index >= 15 is 0 Å². The highest BCUT2D eigenvalue weighted by Gasteiger charge is 2.26. The van der Waals surface area contributed by atoms with Crippen molar-refractivity contribution in [3.8, 4) is 5.69 Å². The second-order valence-corrected chi connectivity index (χ2v) is 5.54. The minimum atomic E-state index is -0.561. The van der Waals surface area contributed by atoms with E-state index in [2.05, 4.69) is 10.3 Å². The van der Waals surface area contributed by atoms with E-state index in [1.165, 1.54) is 11.6 Å². The first-order chi connectivity index (χ1) is 8.71. The minimum Gasteiger partial charge on any atom is -0.381 e. The van der Waals surface area contributed by atoms with Crippen LogP contribution in [0.3, 0.4) is 0 Å². The molecule has 0 spiro atoms. The van der Waals surface area contributed by atoms with Gasteiger partial charge in [-0.2, -0.15) is 0 Å². The van der Waals surface area contributed by atoms with Gasteiger partial charge in [-0.15, -0.1) is 5.10 Å². The first kappa shape index (κ1) is 13.5. The fraction of sp³-hybridized carbons (Fsp3) is 0.385. The van der Waals surface area contributed by atoms with Crippen molar-refractivity contribution in [2.24, 2.45) is 0 Å². The number of benzene rings is 1. The number of nitrogens with zero attached hydrogens (tertiary/aromatic N) is 3. The Morgan fingerprint density at radius 2 is 1.79 bits per heavy atom. The molecule has 19 heavy (non-hydrogen) atoms. The largest absolute Gasteiger partial charge is 0.381 e. The Hall–Kier alpha value is -1.98. The third-order valence-electron chi connectivity index (χ3n) is 2.86. The Balaban J connectivity index is 2.70. The lowest BCUT2D eigenvalue weighted by Crippen LogP contribution is -2.20. The van der Waals surface area contributed by atoms with Gasteiger partial charge >= 0.3 is 0 Å². The van der Waals surface area contributed by atoms with Gasteiger partial charge in [0.1, 0.15) is 17.3 Å². The summed E-state index contributed by atoms with van der Waals surface area (Å²) in [5.41, 5.74) is 6.19. The van der Waals surface area contributed by atoms with Gasteiger partial charge in [-0.25, -0.2) is 13.5 Å². The molecule has 0 aliphatic rings. The van der Waals surface area contributed by atoms with Crippen LogP contribution in [0.1, 0.15) is 32.0 Å². The van der Waals surface area contributed by atoms with Crippen molar-refractivity contribution in [2.75, 3.05) is 5.73 Å². The topological polar surface area (TPSA) is 56.7 Å². The van der Waals surface area contributed by atoms with Crippen LogP contribution in [0, 0.1) is 18.6 Å². The van der Waals surface area contributed by atoms with Crippen LogP contribution in [0.4, 0.5) is 14.6 Å². The van der Waals surface area contributed by atoms with E-state index in [0.29, 0.717) is 5.69 Å². The summed E-state index contributed by atoms with van der Waals surface area (Å²) >= 11 is 0. The fourth-order valence-electron chi connectivity index (χ4n) is 1.96. The number of nitrogen functional groups attached to an aromatic ring is 1. The first-order valence-corrected chi connectivity index (χ1v) is 5.89. The average Bonchev–Trinajstić information content (AvgIpc) is 2.65. The summed E-state index contributed by atoms with van der Waals surface area (Å²) in [6, 6.07) is 2.24. The van der Waals surface area contributed by atoms with Crippen molar-refractivity contribution in [3.63, 3.8) is 0 Å². The van der Waals surface area contributed by atoms with Gasteiger partial charge in [-0.3, -0.25) is 0 Å². The Kier molecular flexibility index (Phi) is 3.04. The van der Waals surface area contributed by atoms with Gasteiger partial charge in [-0.05, 0) is 18.6 Å². The maximum absolute atomic E-state index is 14.0.